The molecule has 0 saturated heterocycles. The SMILES string of the molecule is CCNC(=O)C[NH+](CC)[C@@H](C)C(=O)Nc1ccc2c(c1)C(=O)c1ccccc1C2=O. The van der Waals surface area contributed by atoms with E-state index >= 15 is 0 Å². The van der Waals surface area contributed by atoms with Crippen molar-refractivity contribution in [3.05, 3.63) is 64.7 Å². The van der Waals surface area contributed by atoms with Crippen LogP contribution in [0.15, 0.2) is 42.5 Å². The second kappa shape index (κ2) is 9.00. The minimum atomic E-state index is -0.466. The molecule has 2 aromatic rings. The molecule has 2 atom stereocenters. The zero-order valence-electron chi connectivity index (χ0n) is 17.4. The van der Waals surface area contributed by atoms with E-state index in [1.54, 1.807) is 49.4 Å². The minimum absolute atomic E-state index is 0.106. The molecule has 1 aliphatic rings. The van der Waals surface area contributed by atoms with Crippen LogP contribution < -0.4 is 15.5 Å². The summed E-state index contributed by atoms with van der Waals surface area (Å²) in [6.45, 7) is 6.88. The van der Waals surface area contributed by atoms with Crippen LogP contribution in [-0.2, 0) is 9.59 Å². The second-order valence-electron chi connectivity index (χ2n) is 7.32. The molecule has 0 aromatic heterocycles. The van der Waals surface area contributed by atoms with Gasteiger partial charge < -0.3 is 15.5 Å². The van der Waals surface area contributed by atoms with Gasteiger partial charge in [-0.1, -0.05) is 24.3 Å². The summed E-state index contributed by atoms with van der Waals surface area (Å²) in [7, 11) is 0. The summed E-state index contributed by atoms with van der Waals surface area (Å²) in [6, 6.07) is 11.0. The van der Waals surface area contributed by atoms with Gasteiger partial charge in [0.05, 0.1) is 6.54 Å². The second-order valence-corrected chi connectivity index (χ2v) is 7.32. The Morgan fingerprint density at radius 2 is 1.53 bits per heavy atom. The number of ketones is 2. The van der Waals surface area contributed by atoms with Gasteiger partial charge in [0, 0.05) is 34.5 Å². The van der Waals surface area contributed by atoms with Crippen LogP contribution in [0.4, 0.5) is 5.69 Å². The monoisotopic (exact) mass is 408 g/mol. The van der Waals surface area contributed by atoms with E-state index in [9.17, 15) is 19.2 Å². The molecule has 0 bridgehead atoms. The van der Waals surface area contributed by atoms with Crippen molar-refractivity contribution in [1.29, 1.82) is 0 Å². The first-order valence-corrected chi connectivity index (χ1v) is 10.1. The molecule has 2 aromatic carbocycles. The highest BCUT2D eigenvalue weighted by atomic mass is 16.2. The molecule has 7 heteroatoms. The van der Waals surface area contributed by atoms with E-state index in [1.165, 1.54) is 0 Å². The molecule has 3 N–H and O–H groups in total. The highest BCUT2D eigenvalue weighted by molar-refractivity contribution is 6.28. The Morgan fingerprint density at radius 3 is 2.13 bits per heavy atom. The number of likely N-dealkylation sites (N-methyl/N-ethyl adjacent to an activating group) is 2. The van der Waals surface area contributed by atoms with Crippen molar-refractivity contribution >= 4 is 29.1 Å². The van der Waals surface area contributed by atoms with Gasteiger partial charge in [0.1, 0.15) is 0 Å². The fourth-order valence-corrected chi connectivity index (χ4v) is 3.66. The molecule has 3 rings (SSSR count). The maximum absolute atomic E-state index is 12.8. The highest BCUT2D eigenvalue weighted by Crippen LogP contribution is 2.29. The fraction of sp³-hybridized carbons (Fsp3) is 0.304. The normalized spacial score (nSPS) is 14.4. The van der Waals surface area contributed by atoms with Gasteiger partial charge in [0.25, 0.3) is 11.8 Å². The Labute approximate surface area is 175 Å². The summed E-state index contributed by atoms with van der Waals surface area (Å²) in [5.41, 5.74) is 1.83. The van der Waals surface area contributed by atoms with E-state index < -0.39 is 6.04 Å². The average Bonchev–Trinajstić information content (AvgIpc) is 2.75. The molecule has 2 amide bonds. The summed E-state index contributed by atoms with van der Waals surface area (Å²) in [6.07, 6.45) is 0. The van der Waals surface area contributed by atoms with Gasteiger partial charge >= 0.3 is 0 Å². The van der Waals surface area contributed by atoms with Gasteiger partial charge in [-0.05, 0) is 39.0 Å². The highest BCUT2D eigenvalue weighted by Gasteiger charge is 2.30. The Balaban J connectivity index is 1.78. The van der Waals surface area contributed by atoms with Crippen molar-refractivity contribution in [2.75, 3.05) is 25.0 Å². The number of hydrogen-bond donors (Lipinski definition) is 3. The van der Waals surface area contributed by atoms with Crippen molar-refractivity contribution in [2.45, 2.75) is 26.8 Å². The number of benzene rings is 2. The van der Waals surface area contributed by atoms with Gasteiger partial charge in [-0.25, -0.2) is 0 Å². The average molecular weight is 408 g/mol. The van der Waals surface area contributed by atoms with Crippen molar-refractivity contribution < 1.29 is 24.1 Å². The van der Waals surface area contributed by atoms with Crippen LogP contribution in [0.2, 0.25) is 0 Å². The van der Waals surface area contributed by atoms with Crippen molar-refractivity contribution in [3.8, 4) is 0 Å². The van der Waals surface area contributed by atoms with Gasteiger partial charge in [-0.15, -0.1) is 0 Å². The first kappa shape index (κ1) is 21.4. The standard InChI is InChI=1S/C23H25N3O4/c1-4-24-20(27)13-26(5-2)14(3)23(30)25-15-10-11-18-19(12-15)22(29)17-9-7-6-8-16(17)21(18)28/h6-12,14H,4-5,13H2,1-3H3,(H,24,27)(H,25,30)/p+1/t14-/m0/s1. The summed E-state index contributed by atoms with van der Waals surface area (Å²) in [5, 5.41) is 5.56. The van der Waals surface area contributed by atoms with Crippen LogP contribution in [-0.4, -0.2) is 49.1 Å². The summed E-state index contributed by atoms with van der Waals surface area (Å²) in [4.78, 5) is 51.0. The Morgan fingerprint density at radius 1 is 0.933 bits per heavy atom. The first-order chi connectivity index (χ1) is 14.4. The number of hydrogen-bond acceptors (Lipinski definition) is 4. The summed E-state index contributed by atoms with van der Waals surface area (Å²) < 4.78 is 0. The third kappa shape index (κ3) is 4.16. The maximum atomic E-state index is 12.8. The van der Waals surface area contributed by atoms with Crippen LogP contribution in [0, 0.1) is 0 Å². The Bertz CT molecular complexity index is 1020. The number of anilines is 1. The Hall–Kier alpha value is -3.32. The lowest BCUT2D eigenvalue weighted by molar-refractivity contribution is -0.904. The fourth-order valence-electron chi connectivity index (χ4n) is 3.66. The number of rotatable bonds is 7. The predicted octanol–water partition coefficient (Wildman–Crippen LogP) is 0.830. The zero-order chi connectivity index (χ0) is 21.8. The quantitative estimate of drug-likeness (QED) is 0.540. The number of carbonyl (C=O) groups excluding carboxylic acids is 4. The minimum Gasteiger partial charge on any atom is -0.351 e. The van der Waals surface area contributed by atoms with Crippen molar-refractivity contribution in [3.63, 3.8) is 0 Å². The topological polar surface area (TPSA) is 96.8 Å². The predicted molar refractivity (Wildman–Crippen MR) is 113 cm³/mol. The lowest BCUT2D eigenvalue weighted by atomic mass is 9.84. The molecule has 7 nitrogen and oxygen atoms in total. The molecular formula is C23H26N3O4+. The van der Waals surface area contributed by atoms with E-state index in [1.807, 2.05) is 13.8 Å². The maximum Gasteiger partial charge on any atom is 0.282 e. The molecule has 0 aliphatic heterocycles. The molecule has 156 valence electrons. The van der Waals surface area contributed by atoms with Crippen molar-refractivity contribution in [1.82, 2.24) is 5.32 Å². The van der Waals surface area contributed by atoms with Crippen LogP contribution in [0.1, 0.15) is 52.6 Å². The molecule has 1 aliphatic carbocycles. The lowest BCUT2D eigenvalue weighted by Crippen LogP contribution is -3.17. The summed E-state index contributed by atoms with van der Waals surface area (Å²) >= 11 is 0. The van der Waals surface area contributed by atoms with Gasteiger partial charge in [-0.2, -0.15) is 0 Å². The largest absolute Gasteiger partial charge is 0.351 e. The van der Waals surface area contributed by atoms with Crippen LogP contribution in [0.25, 0.3) is 0 Å². The molecule has 0 fully saturated rings. The zero-order valence-corrected chi connectivity index (χ0v) is 17.4. The number of fused-ring (bicyclic) bond motifs is 2. The Kier molecular flexibility index (Phi) is 6.42. The molecule has 1 unspecified atom stereocenters. The molecule has 0 saturated carbocycles. The molecule has 0 radical (unpaired) electrons. The third-order valence-corrected chi connectivity index (χ3v) is 5.41. The van der Waals surface area contributed by atoms with E-state index in [-0.39, 0.29) is 35.5 Å². The lowest BCUT2D eigenvalue weighted by Gasteiger charge is -2.24. The molecule has 0 heterocycles. The van der Waals surface area contributed by atoms with E-state index in [4.69, 9.17) is 0 Å². The van der Waals surface area contributed by atoms with Crippen molar-refractivity contribution in [2.24, 2.45) is 0 Å². The van der Waals surface area contributed by atoms with Crippen LogP contribution in [0.3, 0.4) is 0 Å². The summed E-state index contributed by atoms with van der Waals surface area (Å²) in [5.74, 6) is -0.798. The van der Waals surface area contributed by atoms with Gasteiger partial charge in [0.2, 0.25) is 0 Å². The number of nitrogens with one attached hydrogen (secondary N) is 3. The number of amides is 2. The van der Waals surface area contributed by atoms with E-state index in [0.717, 1.165) is 4.90 Å². The third-order valence-electron chi connectivity index (χ3n) is 5.41. The van der Waals surface area contributed by atoms with Crippen LogP contribution >= 0.6 is 0 Å². The molecular weight excluding hydrogens is 382 g/mol. The van der Waals surface area contributed by atoms with Gasteiger partial charge in [0.15, 0.2) is 24.2 Å². The first-order valence-electron chi connectivity index (χ1n) is 10.1. The number of quaternary nitrogens is 1. The molecule has 0 spiro atoms. The molecule has 30 heavy (non-hydrogen) atoms. The van der Waals surface area contributed by atoms with Crippen LogP contribution in [0.5, 0.6) is 0 Å². The van der Waals surface area contributed by atoms with E-state index in [2.05, 4.69) is 10.6 Å². The van der Waals surface area contributed by atoms with Gasteiger partial charge in [-0.3, -0.25) is 19.2 Å². The smallest absolute Gasteiger partial charge is 0.282 e. The van der Waals surface area contributed by atoms with E-state index in [0.29, 0.717) is 35.5 Å². The number of carbonyl (C=O) groups is 4.